The van der Waals surface area contributed by atoms with Gasteiger partial charge in [-0.05, 0) is 24.1 Å². The van der Waals surface area contributed by atoms with Gasteiger partial charge in [0.1, 0.15) is 12.1 Å². The van der Waals surface area contributed by atoms with Crippen molar-refractivity contribution in [3.8, 4) is 0 Å². The fourth-order valence-electron chi connectivity index (χ4n) is 2.99. The second-order valence-corrected chi connectivity index (χ2v) is 6.59. The van der Waals surface area contributed by atoms with Gasteiger partial charge in [-0.15, -0.1) is 0 Å². The van der Waals surface area contributed by atoms with E-state index in [1.54, 1.807) is 30.3 Å². The Labute approximate surface area is 162 Å². The smallest absolute Gasteiger partial charge is 0.251 e. The van der Waals surface area contributed by atoms with E-state index in [4.69, 9.17) is 0 Å². The highest BCUT2D eigenvalue weighted by atomic mass is 16.2. The molecule has 3 rings (SSSR count). The Kier molecular flexibility index (Phi) is 6.16. The molecule has 7 heteroatoms. The Bertz CT molecular complexity index is 868. The molecule has 3 N–H and O–H groups in total. The molecule has 1 heterocycles. The van der Waals surface area contributed by atoms with Gasteiger partial charge in [0.25, 0.3) is 5.91 Å². The largest absolute Gasteiger partial charge is 0.342 e. The number of imide groups is 1. The number of hydrogen-bond donors (Lipinski definition) is 3. The lowest BCUT2D eigenvalue weighted by Gasteiger charge is -2.25. The van der Waals surface area contributed by atoms with Crippen LogP contribution >= 0.6 is 0 Å². The molecular formula is C21H21N3O4. The standard InChI is InChI=1S/C21H21N3O4/c25-18-12-11-16(20(27)24-18)22-21(28)17(13-14-7-3-1-4-8-14)23-19(26)15-9-5-2-6-10-15/h1-10,16-17H,11-13H2,(H,22,28)(H,23,26)(H,24,25,27)/t16?,17-/m1/s1. The third-order valence-electron chi connectivity index (χ3n) is 4.50. The molecule has 1 aliphatic heterocycles. The van der Waals surface area contributed by atoms with E-state index in [0.717, 1.165) is 5.56 Å². The van der Waals surface area contributed by atoms with Crippen LogP contribution in [0.4, 0.5) is 0 Å². The van der Waals surface area contributed by atoms with Gasteiger partial charge in [0, 0.05) is 18.4 Å². The lowest BCUT2D eigenvalue weighted by molar-refractivity contribution is -0.137. The third-order valence-corrected chi connectivity index (χ3v) is 4.50. The predicted molar refractivity (Wildman–Crippen MR) is 102 cm³/mol. The lowest BCUT2D eigenvalue weighted by Crippen LogP contribution is -2.57. The second kappa shape index (κ2) is 8.94. The van der Waals surface area contributed by atoms with Crippen LogP contribution in [0.5, 0.6) is 0 Å². The molecule has 0 radical (unpaired) electrons. The molecule has 144 valence electrons. The Morgan fingerprint density at radius 1 is 1.00 bits per heavy atom. The van der Waals surface area contributed by atoms with E-state index in [0.29, 0.717) is 5.56 Å². The summed E-state index contributed by atoms with van der Waals surface area (Å²) in [4.78, 5) is 48.6. The Morgan fingerprint density at radius 2 is 1.64 bits per heavy atom. The van der Waals surface area contributed by atoms with Crippen LogP contribution in [-0.2, 0) is 20.8 Å². The van der Waals surface area contributed by atoms with Crippen LogP contribution in [0.25, 0.3) is 0 Å². The number of nitrogens with one attached hydrogen (secondary N) is 3. The molecule has 1 unspecified atom stereocenters. The summed E-state index contributed by atoms with van der Waals surface area (Å²) in [6, 6.07) is 16.2. The van der Waals surface area contributed by atoms with Crippen molar-refractivity contribution in [2.24, 2.45) is 0 Å². The predicted octanol–water partition coefficient (Wildman–Crippen LogP) is 0.949. The molecule has 1 aliphatic rings. The van der Waals surface area contributed by atoms with Crippen LogP contribution in [0.2, 0.25) is 0 Å². The molecule has 28 heavy (non-hydrogen) atoms. The van der Waals surface area contributed by atoms with Crippen LogP contribution in [0.15, 0.2) is 60.7 Å². The van der Waals surface area contributed by atoms with Gasteiger partial charge in [0.15, 0.2) is 0 Å². The SMILES string of the molecule is O=C1CCC(NC(=O)[C@@H](Cc2ccccc2)NC(=O)c2ccccc2)C(=O)N1. The number of carbonyl (C=O) groups is 4. The van der Waals surface area contributed by atoms with E-state index in [9.17, 15) is 19.2 Å². The molecule has 2 aromatic carbocycles. The first-order valence-electron chi connectivity index (χ1n) is 9.07. The van der Waals surface area contributed by atoms with Gasteiger partial charge in [-0.1, -0.05) is 48.5 Å². The number of amides is 4. The normalized spacial score (nSPS) is 17.4. The van der Waals surface area contributed by atoms with Crippen molar-refractivity contribution in [1.29, 1.82) is 0 Å². The maximum atomic E-state index is 12.8. The molecule has 0 bridgehead atoms. The summed E-state index contributed by atoms with van der Waals surface area (Å²) >= 11 is 0. The molecule has 0 saturated carbocycles. The highest BCUT2D eigenvalue weighted by Gasteiger charge is 2.31. The van der Waals surface area contributed by atoms with Crippen molar-refractivity contribution >= 4 is 23.6 Å². The third kappa shape index (κ3) is 5.03. The van der Waals surface area contributed by atoms with Crippen LogP contribution in [0.3, 0.4) is 0 Å². The van der Waals surface area contributed by atoms with Gasteiger partial charge in [-0.25, -0.2) is 0 Å². The van der Waals surface area contributed by atoms with E-state index in [1.807, 2.05) is 30.3 Å². The first-order valence-corrected chi connectivity index (χ1v) is 9.07. The molecule has 1 fully saturated rings. The summed E-state index contributed by atoms with van der Waals surface area (Å²) < 4.78 is 0. The van der Waals surface area contributed by atoms with E-state index in [1.165, 1.54) is 0 Å². The Morgan fingerprint density at radius 3 is 2.29 bits per heavy atom. The van der Waals surface area contributed by atoms with Gasteiger partial charge in [0.05, 0.1) is 0 Å². The summed E-state index contributed by atoms with van der Waals surface area (Å²) in [6.07, 6.45) is 0.677. The van der Waals surface area contributed by atoms with E-state index >= 15 is 0 Å². The van der Waals surface area contributed by atoms with Crippen LogP contribution in [0, 0.1) is 0 Å². The molecule has 7 nitrogen and oxygen atoms in total. The fraction of sp³-hybridized carbons (Fsp3) is 0.238. The summed E-state index contributed by atoms with van der Waals surface area (Å²) in [5.41, 5.74) is 1.31. The van der Waals surface area contributed by atoms with E-state index < -0.39 is 23.9 Å². The van der Waals surface area contributed by atoms with E-state index in [2.05, 4.69) is 16.0 Å². The van der Waals surface area contributed by atoms with Crippen LogP contribution in [0.1, 0.15) is 28.8 Å². The van der Waals surface area contributed by atoms with Crippen molar-refractivity contribution in [1.82, 2.24) is 16.0 Å². The monoisotopic (exact) mass is 379 g/mol. The quantitative estimate of drug-likeness (QED) is 0.650. The van der Waals surface area contributed by atoms with Crippen LogP contribution < -0.4 is 16.0 Å². The lowest BCUT2D eigenvalue weighted by atomic mass is 10.0. The zero-order valence-corrected chi connectivity index (χ0v) is 15.2. The summed E-state index contributed by atoms with van der Waals surface area (Å²) in [6.45, 7) is 0. The topological polar surface area (TPSA) is 104 Å². The summed E-state index contributed by atoms with van der Waals surface area (Å²) in [5, 5.41) is 7.60. The summed E-state index contributed by atoms with van der Waals surface area (Å²) in [5.74, 6) is -1.73. The fourth-order valence-corrected chi connectivity index (χ4v) is 2.99. The molecule has 0 aromatic heterocycles. The van der Waals surface area contributed by atoms with Crippen molar-refractivity contribution in [2.75, 3.05) is 0 Å². The maximum Gasteiger partial charge on any atom is 0.251 e. The van der Waals surface area contributed by atoms with Crippen molar-refractivity contribution in [3.05, 3.63) is 71.8 Å². The highest BCUT2D eigenvalue weighted by Crippen LogP contribution is 2.08. The molecular weight excluding hydrogens is 358 g/mol. The van der Waals surface area contributed by atoms with Crippen molar-refractivity contribution < 1.29 is 19.2 Å². The molecule has 4 amide bonds. The molecule has 2 aromatic rings. The summed E-state index contributed by atoms with van der Waals surface area (Å²) in [7, 11) is 0. The second-order valence-electron chi connectivity index (χ2n) is 6.59. The Hall–Kier alpha value is -3.48. The van der Waals surface area contributed by atoms with Crippen molar-refractivity contribution in [3.63, 3.8) is 0 Å². The first-order chi connectivity index (χ1) is 13.5. The van der Waals surface area contributed by atoms with Gasteiger partial charge in [0.2, 0.25) is 17.7 Å². The average Bonchev–Trinajstić information content (AvgIpc) is 2.71. The van der Waals surface area contributed by atoms with Crippen LogP contribution in [-0.4, -0.2) is 35.7 Å². The van der Waals surface area contributed by atoms with E-state index in [-0.39, 0.29) is 31.1 Å². The molecule has 0 aliphatic carbocycles. The number of hydrogen-bond acceptors (Lipinski definition) is 4. The number of carbonyl (C=O) groups excluding carboxylic acids is 4. The first kappa shape index (κ1) is 19.3. The number of piperidine rings is 1. The molecule has 2 atom stereocenters. The number of rotatable bonds is 6. The van der Waals surface area contributed by atoms with Gasteiger partial charge < -0.3 is 10.6 Å². The molecule has 1 saturated heterocycles. The minimum Gasteiger partial charge on any atom is -0.342 e. The van der Waals surface area contributed by atoms with Gasteiger partial charge in [-0.2, -0.15) is 0 Å². The van der Waals surface area contributed by atoms with Gasteiger partial charge in [-0.3, -0.25) is 24.5 Å². The maximum absolute atomic E-state index is 12.8. The number of benzene rings is 2. The average molecular weight is 379 g/mol. The Balaban J connectivity index is 1.73. The molecule has 0 spiro atoms. The minimum atomic E-state index is -0.861. The minimum absolute atomic E-state index is 0.163. The highest BCUT2D eigenvalue weighted by molar-refractivity contribution is 6.03. The zero-order valence-electron chi connectivity index (χ0n) is 15.2. The zero-order chi connectivity index (χ0) is 19.9. The van der Waals surface area contributed by atoms with Crippen molar-refractivity contribution in [2.45, 2.75) is 31.3 Å². The van der Waals surface area contributed by atoms with Gasteiger partial charge >= 0.3 is 0 Å².